The number of aromatic nitrogens is 2. The number of amides is 1. The van der Waals surface area contributed by atoms with E-state index in [9.17, 15) is 18.0 Å². The van der Waals surface area contributed by atoms with E-state index >= 15 is 0 Å². The van der Waals surface area contributed by atoms with Crippen LogP contribution in [0.5, 0.6) is 5.75 Å². The Morgan fingerprint density at radius 2 is 2.21 bits per heavy atom. The smallest absolute Gasteiger partial charge is 0.410 e. The number of nitrogens with one attached hydrogen (secondary N) is 2. The van der Waals surface area contributed by atoms with Crippen LogP contribution >= 0.6 is 0 Å². The number of carbonyl (C=O) groups is 1. The van der Waals surface area contributed by atoms with E-state index in [0.29, 0.717) is 17.7 Å². The fourth-order valence-corrected chi connectivity index (χ4v) is 3.21. The highest BCUT2D eigenvalue weighted by Gasteiger charge is 2.47. The summed E-state index contributed by atoms with van der Waals surface area (Å²) in [6, 6.07) is 4.31. The number of ether oxygens (including phenoxy) is 1. The van der Waals surface area contributed by atoms with Gasteiger partial charge in [-0.25, -0.2) is 4.68 Å². The lowest BCUT2D eigenvalue weighted by molar-refractivity contribution is -0.173. The summed E-state index contributed by atoms with van der Waals surface area (Å²) < 4.78 is 47.2. The standard InChI is InChI=1S/C19H23F3N4O2/c1-4-11(2)24-18(27)14-10-23-26-16(19(20,21)22)9-15(25-17(14)26)12-6-5-7-13(8-12)28-3/h5-8,10-11,15-16,25H,4,9H2,1-3H3,(H,24,27)/t11-,15-,16+/m0/s1. The van der Waals surface area contributed by atoms with Crippen molar-refractivity contribution in [3.63, 3.8) is 0 Å². The topological polar surface area (TPSA) is 68.2 Å². The number of hydrogen-bond acceptors (Lipinski definition) is 4. The molecule has 9 heteroatoms. The first-order valence-corrected chi connectivity index (χ1v) is 9.10. The quantitative estimate of drug-likeness (QED) is 0.799. The Kier molecular flexibility index (Phi) is 5.53. The molecule has 0 spiro atoms. The minimum Gasteiger partial charge on any atom is -0.497 e. The molecule has 152 valence electrons. The number of rotatable bonds is 5. The van der Waals surface area contributed by atoms with Crippen LogP contribution in [0.4, 0.5) is 19.0 Å². The summed E-state index contributed by atoms with van der Waals surface area (Å²) in [4.78, 5) is 12.5. The van der Waals surface area contributed by atoms with Crippen molar-refractivity contribution in [3.8, 4) is 5.75 Å². The number of anilines is 1. The second kappa shape index (κ2) is 7.73. The SMILES string of the molecule is CC[C@H](C)NC(=O)c1cnn2c1N[C@H](c1cccc(OC)c1)C[C@@H]2C(F)(F)F. The zero-order valence-electron chi connectivity index (χ0n) is 15.9. The minimum absolute atomic E-state index is 0.0715. The van der Waals surface area contributed by atoms with Crippen molar-refractivity contribution >= 4 is 11.7 Å². The molecule has 0 fully saturated rings. The van der Waals surface area contributed by atoms with E-state index in [-0.39, 0.29) is 23.8 Å². The monoisotopic (exact) mass is 396 g/mol. The number of hydrogen-bond donors (Lipinski definition) is 2. The van der Waals surface area contributed by atoms with Crippen molar-refractivity contribution in [1.82, 2.24) is 15.1 Å². The van der Waals surface area contributed by atoms with Gasteiger partial charge in [-0.1, -0.05) is 19.1 Å². The van der Waals surface area contributed by atoms with Gasteiger partial charge in [-0.3, -0.25) is 4.79 Å². The van der Waals surface area contributed by atoms with Crippen LogP contribution in [0, 0.1) is 0 Å². The number of benzene rings is 1. The Balaban J connectivity index is 1.99. The Morgan fingerprint density at radius 1 is 1.46 bits per heavy atom. The molecule has 1 aliphatic rings. The average Bonchev–Trinajstić information content (AvgIpc) is 3.10. The molecule has 1 aliphatic heterocycles. The van der Waals surface area contributed by atoms with Gasteiger partial charge in [-0.2, -0.15) is 18.3 Å². The summed E-state index contributed by atoms with van der Waals surface area (Å²) in [5.74, 6) is 0.175. The zero-order valence-corrected chi connectivity index (χ0v) is 15.9. The molecule has 2 aromatic rings. The maximum Gasteiger partial charge on any atom is 0.410 e. The number of nitrogens with zero attached hydrogens (tertiary/aromatic N) is 2. The molecule has 1 aromatic heterocycles. The largest absolute Gasteiger partial charge is 0.497 e. The third-order valence-corrected chi connectivity index (χ3v) is 4.97. The summed E-state index contributed by atoms with van der Waals surface area (Å²) in [6.07, 6.45) is -2.84. The molecule has 1 aromatic carbocycles. The van der Waals surface area contributed by atoms with Crippen molar-refractivity contribution in [1.29, 1.82) is 0 Å². The molecular formula is C19H23F3N4O2. The predicted molar refractivity (Wildman–Crippen MR) is 98.5 cm³/mol. The summed E-state index contributed by atoms with van der Waals surface area (Å²) in [5.41, 5.74) is 0.747. The van der Waals surface area contributed by atoms with Crippen molar-refractivity contribution in [2.45, 2.75) is 51.0 Å². The van der Waals surface area contributed by atoms with Gasteiger partial charge >= 0.3 is 6.18 Å². The van der Waals surface area contributed by atoms with E-state index < -0.39 is 24.2 Å². The van der Waals surface area contributed by atoms with Crippen LogP contribution in [-0.2, 0) is 0 Å². The van der Waals surface area contributed by atoms with E-state index in [2.05, 4.69) is 15.7 Å². The van der Waals surface area contributed by atoms with Gasteiger partial charge in [0.25, 0.3) is 5.91 Å². The lowest BCUT2D eigenvalue weighted by atomic mass is 9.96. The van der Waals surface area contributed by atoms with Crippen LogP contribution < -0.4 is 15.4 Å². The molecule has 28 heavy (non-hydrogen) atoms. The Labute approximate surface area is 161 Å². The Morgan fingerprint density at radius 3 is 2.86 bits per heavy atom. The number of alkyl halides is 3. The van der Waals surface area contributed by atoms with Crippen molar-refractivity contribution in [2.75, 3.05) is 12.4 Å². The molecule has 0 aliphatic carbocycles. The molecule has 3 atom stereocenters. The van der Waals surface area contributed by atoms with Crippen LogP contribution in [-0.4, -0.2) is 35.0 Å². The lowest BCUT2D eigenvalue weighted by Crippen LogP contribution is -2.37. The van der Waals surface area contributed by atoms with E-state index in [1.807, 2.05) is 13.8 Å². The maximum atomic E-state index is 13.7. The fraction of sp³-hybridized carbons (Fsp3) is 0.474. The van der Waals surface area contributed by atoms with E-state index in [4.69, 9.17) is 4.74 Å². The van der Waals surface area contributed by atoms with Crippen molar-refractivity contribution in [2.24, 2.45) is 0 Å². The molecule has 3 rings (SSSR count). The summed E-state index contributed by atoms with van der Waals surface area (Å²) >= 11 is 0. The molecular weight excluding hydrogens is 373 g/mol. The highest BCUT2D eigenvalue weighted by atomic mass is 19.4. The number of fused-ring (bicyclic) bond motifs is 1. The molecule has 2 heterocycles. The normalized spacial score (nSPS) is 20.1. The fourth-order valence-electron chi connectivity index (χ4n) is 3.21. The summed E-state index contributed by atoms with van der Waals surface area (Å²) in [5, 5.41) is 9.72. The Hall–Kier alpha value is -2.71. The van der Waals surface area contributed by atoms with Gasteiger partial charge in [0.2, 0.25) is 0 Å². The summed E-state index contributed by atoms with van der Waals surface area (Å²) in [7, 11) is 1.50. The third kappa shape index (κ3) is 3.93. The third-order valence-electron chi connectivity index (χ3n) is 4.97. The van der Waals surface area contributed by atoms with Crippen LogP contribution in [0.3, 0.4) is 0 Å². The first-order chi connectivity index (χ1) is 13.2. The molecule has 0 saturated carbocycles. The molecule has 2 N–H and O–H groups in total. The molecule has 0 radical (unpaired) electrons. The first kappa shape index (κ1) is 20.0. The highest BCUT2D eigenvalue weighted by Crippen LogP contribution is 2.44. The second-order valence-corrected chi connectivity index (χ2v) is 6.90. The zero-order chi connectivity index (χ0) is 20.5. The van der Waals surface area contributed by atoms with Crippen LogP contribution in [0.1, 0.15) is 54.7 Å². The predicted octanol–water partition coefficient (Wildman–Crippen LogP) is 4.08. The molecule has 1 amide bonds. The second-order valence-electron chi connectivity index (χ2n) is 6.90. The number of carbonyl (C=O) groups excluding carboxylic acids is 1. The van der Waals surface area contributed by atoms with Crippen LogP contribution in [0.25, 0.3) is 0 Å². The lowest BCUT2D eigenvalue weighted by Gasteiger charge is -2.34. The van der Waals surface area contributed by atoms with Gasteiger partial charge in [-0.05, 0) is 31.0 Å². The van der Waals surface area contributed by atoms with Crippen LogP contribution in [0.15, 0.2) is 30.5 Å². The first-order valence-electron chi connectivity index (χ1n) is 9.10. The molecule has 0 bridgehead atoms. The van der Waals surface area contributed by atoms with E-state index in [1.165, 1.54) is 13.3 Å². The van der Waals surface area contributed by atoms with Gasteiger partial charge in [0.05, 0.1) is 19.3 Å². The average molecular weight is 396 g/mol. The molecule has 6 nitrogen and oxygen atoms in total. The van der Waals surface area contributed by atoms with Crippen molar-refractivity contribution in [3.05, 3.63) is 41.6 Å². The summed E-state index contributed by atoms with van der Waals surface area (Å²) in [6.45, 7) is 3.74. The molecule has 0 unspecified atom stereocenters. The van der Waals surface area contributed by atoms with Gasteiger partial charge < -0.3 is 15.4 Å². The maximum absolute atomic E-state index is 13.7. The minimum atomic E-state index is -4.50. The van der Waals surface area contributed by atoms with Crippen LogP contribution in [0.2, 0.25) is 0 Å². The highest BCUT2D eigenvalue weighted by molar-refractivity contribution is 5.99. The molecule has 0 saturated heterocycles. The van der Waals surface area contributed by atoms with E-state index in [0.717, 1.165) is 4.68 Å². The van der Waals surface area contributed by atoms with E-state index in [1.54, 1.807) is 24.3 Å². The van der Waals surface area contributed by atoms with Gasteiger partial charge in [0.15, 0.2) is 6.04 Å². The van der Waals surface area contributed by atoms with Gasteiger partial charge in [-0.15, -0.1) is 0 Å². The number of halogens is 3. The number of methoxy groups -OCH3 is 1. The van der Waals surface area contributed by atoms with Gasteiger partial charge in [0, 0.05) is 12.5 Å². The van der Waals surface area contributed by atoms with Crippen molar-refractivity contribution < 1.29 is 22.7 Å². The Bertz CT molecular complexity index is 850. The van der Waals surface area contributed by atoms with Gasteiger partial charge in [0.1, 0.15) is 17.1 Å².